The molecule has 106 valence electrons. The lowest BCUT2D eigenvalue weighted by molar-refractivity contribution is 0.552. The molecule has 1 aliphatic carbocycles. The molecule has 0 saturated carbocycles. The molecule has 1 aromatic heterocycles. The van der Waals surface area contributed by atoms with Crippen LogP contribution in [0.4, 0.5) is 0 Å². The fourth-order valence-corrected chi connectivity index (χ4v) is 3.25. The first-order valence-corrected chi connectivity index (χ1v) is 7.84. The fourth-order valence-electron chi connectivity index (χ4n) is 3.03. The summed E-state index contributed by atoms with van der Waals surface area (Å²) in [6.07, 6.45) is 3.46. The number of aromatic nitrogens is 1. The van der Waals surface area contributed by atoms with Crippen molar-refractivity contribution in [2.45, 2.75) is 39.7 Å². The summed E-state index contributed by atoms with van der Waals surface area (Å²) in [6.45, 7) is 6.43. The van der Waals surface area contributed by atoms with Crippen LogP contribution in [0.1, 0.15) is 37.1 Å². The summed E-state index contributed by atoms with van der Waals surface area (Å²) in [6, 6.07) is 6.11. The molecule has 0 spiro atoms. The van der Waals surface area contributed by atoms with E-state index >= 15 is 0 Å². The van der Waals surface area contributed by atoms with E-state index in [0.29, 0.717) is 5.92 Å². The minimum atomic E-state index is 0.666. The highest BCUT2D eigenvalue weighted by Crippen LogP contribution is 2.32. The van der Waals surface area contributed by atoms with Gasteiger partial charge in [-0.3, -0.25) is 4.98 Å². The van der Waals surface area contributed by atoms with Crippen LogP contribution in [0.15, 0.2) is 18.2 Å². The van der Waals surface area contributed by atoms with Gasteiger partial charge in [-0.1, -0.05) is 37.6 Å². The Balaban J connectivity index is 2.05. The Hall–Kier alpha value is -1.12. The summed E-state index contributed by atoms with van der Waals surface area (Å²) < 4.78 is 0. The van der Waals surface area contributed by atoms with Crippen molar-refractivity contribution >= 4 is 22.5 Å². The van der Waals surface area contributed by atoms with Gasteiger partial charge in [-0.2, -0.15) is 0 Å². The van der Waals surface area contributed by atoms with E-state index in [1.54, 1.807) is 0 Å². The smallest absolute Gasteiger partial charge is 0.0894 e. The Morgan fingerprint density at radius 1 is 1.30 bits per heavy atom. The molecular weight excluding hydrogens is 268 g/mol. The Labute approximate surface area is 125 Å². The average Bonchev–Trinajstić information content (AvgIpc) is 2.87. The van der Waals surface area contributed by atoms with Crippen molar-refractivity contribution in [3.8, 4) is 0 Å². The van der Waals surface area contributed by atoms with Gasteiger partial charge in [0.25, 0.3) is 0 Å². The van der Waals surface area contributed by atoms with Gasteiger partial charge < -0.3 is 5.32 Å². The van der Waals surface area contributed by atoms with Gasteiger partial charge in [-0.15, -0.1) is 0 Å². The van der Waals surface area contributed by atoms with Crippen LogP contribution in [-0.4, -0.2) is 11.5 Å². The molecule has 1 N–H and O–H groups in total. The molecule has 1 heterocycles. The lowest BCUT2D eigenvalue weighted by atomic mass is 10.0. The zero-order chi connectivity index (χ0) is 14.1. The molecule has 2 aromatic rings. The van der Waals surface area contributed by atoms with Crippen molar-refractivity contribution in [3.05, 3.63) is 40.0 Å². The van der Waals surface area contributed by atoms with Crippen LogP contribution in [0.3, 0.4) is 0 Å². The second-order valence-corrected chi connectivity index (χ2v) is 6.44. The molecule has 1 aliphatic rings. The molecule has 3 heteroatoms. The molecule has 0 fully saturated rings. The van der Waals surface area contributed by atoms with E-state index in [1.165, 1.54) is 28.6 Å². The maximum absolute atomic E-state index is 6.33. The number of hydrogen-bond acceptors (Lipinski definition) is 2. The van der Waals surface area contributed by atoms with Gasteiger partial charge in [0, 0.05) is 17.6 Å². The highest BCUT2D eigenvalue weighted by molar-refractivity contribution is 6.35. The zero-order valence-electron chi connectivity index (χ0n) is 12.2. The maximum Gasteiger partial charge on any atom is 0.0894 e. The van der Waals surface area contributed by atoms with Crippen LogP contribution < -0.4 is 5.32 Å². The van der Waals surface area contributed by atoms with E-state index in [2.05, 4.69) is 25.2 Å². The molecule has 20 heavy (non-hydrogen) atoms. The molecule has 0 atom stereocenters. The van der Waals surface area contributed by atoms with Gasteiger partial charge in [0.2, 0.25) is 0 Å². The quantitative estimate of drug-likeness (QED) is 0.915. The summed E-state index contributed by atoms with van der Waals surface area (Å²) in [5.41, 5.74) is 5.09. The summed E-state index contributed by atoms with van der Waals surface area (Å²) >= 11 is 6.33. The Morgan fingerprint density at radius 3 is 2.95 bits per heavy atom. The minimum Gasteiger partial charge on any atom is -0.312 e. The third-order valence-electron chi connectivity index (χ3n) is 3.97. The average molecular weight is 289 g/mol. The third kappa shape index (κ3) is 2.55. The second-order valence-electron chi connectivity index (χ2n) is 6.03. The van der Waals surface area contributed by atoms with Gasteiger partial charge >= 0.3 is 0 Å². The highest BCUT2D eigenvalue weighted by atomic mass is 35.5. The number of halogens is 1. The van der Waals surface area contributed by atoms with Crippen LogP contribution in [-0.2, 0) is 19.4 Å². The number of aryl methyl sites for hydroxylation is 1. The number of hydrogen-bond donors (Lipinski definition) is 1. The third-order valence-corrected chi connectivity index (χ3v) is 4.27. The van der Waals surface area contributed by atoms with Crippen LogP contribution in [0.5, 0.6) is 0 Å². The molecule has 0 amide bonds. The van der Waals surface area contributed by atoms with Crippen molar-refractivity contribution in [1.29, 1.82) is 0 Å². The van der Waals surface area contributed by atoms with Crippen molar-refractivity contribution in [3.63, 3.8) is 0 Å². The number of benzene rings is 1. The summed E-state index contributed by atoms with van der Waals surface area (Å²) in [5, 5.41) is 5.55. The lowest BCUT2D eigenvalue weighted by Gasteiger charge is -2.15. The first-order valence-electron chi connectivity index (χ1n) is 7.46. The number of para-hydroxylation sites is 1. The molecule has 0 radical (unpaired) electrons. The molecule has 0 bridgehead atoms. The van der Waals surface area contributed by atoms with Crippen molar-refractivity contribution < 1.29 is 0 Å². The number of nitrogens with zero attached hydrogens (tertiary/aromatic N) is 1. The molecule has 0 aliphatic heterocycles. The van der Waals surface area contributed by atoms with Gasteiger partial charge in [0.05, 0.1) is 10.5 Å². The number of pyridine rings is 1. The second kappa shape index (κ2) is 5.71. The van der Waals surface area contributed by atoms with E-state index in [1.807, 2.05) is 12.1 Å². The van der Waals surface area contributed by atoms with E-state index in [0.717, 1.165) is 36.5 Å². The Bertz CT molecular complexity index is 634. The van der Waals surface area contributed by atoms with Crippen LogP contribution >= 0.6 is 11.6 Å². The van der Waals surface area contributed by atoms with E-state index in [9.17, 15) is 0 Å². The number of fused-ring (bicyclic) bond motifs is 2. The molecule has 1 aromatic carbocycles. The first-order chi connectivity index (χ1) is 9.66. The fraction of sp³-hybridized carbons (Fsp3) is 0.471. The minimum absolute atomic E-state index is 0.666. The zero-order valence-corrected chi connectivity index (χ0v) is 12.9. The maximum atomic E-state index is 6.33. The van der Waals surface area contributed by atoms with Crippen molar-refractivity contribution in [1.82, 2.24) is 10.3 Å². The molecule has 2 nitrogen and oxygen atoms in total. The first kappa shape index (κ1) is 13.8. The molecular formula is C17H21ClN2. The molecule has 0 saturated heterocycles. The topological polar surface area (TPSA) is 24.9 Å². The van der Waals surface area contributed by atoms with Crippen molar-refractivity contribution in [2.75, 3.05) is 6.54 Å². The Morgan fingerprint density at radius 2 is 2.15 bits per heavy atom. The Kier molecular flexibility index (Phi) is 3.95. The normalized spacial score (nSPS) is 14.2. The predicted octanol–water partition coefficient (Wildman–Crippen LogP) is 4.12. The number of rotatable bonds is 4. The largest absolute Gasteiger partial charge is 0.312 e. The summed E-state index contributed by atoms with van der Waals surface area (Å²) in [5.74, 6) is 0.666. The van der Waals surface area contributed by atoms with Crippen molar-refractivity contribution in [2.24, 2.45) is 5.92 Å². The lowest BCUT2D eigenvalue weighted by Crippen LogP contribution is -2.20. The van der Waals surface area contributed by atoms with Gasteiger partial charge in [0.15, 0.2) is 0 Å². The summed E-state index contributed by atoms with van der Waals surface area (Å²) in [4.78, 5) is 4.80. The van der Waals surface area contributed by atoms with Gasteiger partial charge in [0.1, 0.15) is 0 Å². The highest BCUT2D eigenvalue weighted by Gasteiger charge is 2.20. The summed E-state index contributed by atoms with van der Waals surface area (Å²) in [7, 11) is 0. The van der Waals surface area contributed by atoms with Gasteiger partial charge in [-0.05, 0) is 48.9 Å². The van der Waals surface area contributed by atoms with Crippen LogP contribution in [0, 0.1) is 5.92 Å². The standard InChI is InChI=1S/C17H21ClN2/c1-11(2)9-19-10-14-12-5-4-8-16(12)20-17-13(14)6-3-7-15(17)18/h3,6-7,11,19H,4-5,8-10H2,1-2H3. The van der Waals surface area contributed by atoms with E-state index in [4.69, 9.17) is 16.6 Å². The SMILES string of the molecule is CC(C)CNCc1c2c(nc3c(Cl)cccc13)CCC2. The molecule has 3 rings (SSSR count). The monoisotopic (exact) mass is 288 g/mol. The van der Waals surface area contributed by atoms with Crippen LogP contribution in [0.25, 0.3) is 10.9 Å². The molecule has 0 unspecified atom stereocenters. The van der Waals surface area contributed by atoms with Crippen LogP contribution in [0.2, 0.25) is 5.02 Å². The number of nitrogens with one attached hydrogen (secondary N) is 1. The van der Waals surface area contributed by atoms with Gasteiger partial charge in [-0.25, -0.2) is 0 Å². The van der Waals surface area contributed by atoms with E-state index < -0.39 is 0 Å². The predicted molar refractivity (Wildman–Crippen MR) is 85.3 cm³/mol. The van der Waals surface area contributed by atoms with E-state index in [-0.39, 0.29) is 0 Å².